The molecule has 4 rings (SSSR count). The summed E-state index contributed by atoms with van der Waals surface area (Å²) in [5, 5.41) is 16.8. The van der Waals surface area contributed by atoms with E-state index in [1.54, 1.807) is 60.7 Å². The number of rotatable bonds is 7. The first-order valence-electron chi connectivity index (χ1n) is 11.2. The van der Waals surface area contributed by atoms with Crippen molar-refractivity contribution in [3.05, 3.63) is 122 Å². The Morgan fingerprint density at radius 2 is 1.08 bits per heavy atom. The normalized spacial score (nSPS) is 13.4. The molecule has 0 aliphatic rings. The summed E-state index contributed by atoms with van der Waals surface area (Å²) in [7, 11) is 0. The topological polar surface area (TPSA) is 78.4 Å². The number of halogens is 6. The lowest BCUT2D eigenvalue weighted by molar-refractivity contribution is -0.143. The molecule has 0 aliphatic carbocycles. The lowest BCUT2D eigenvalue weighted by atomic mass is 9.80. The highest BCUT2D eigenvalue weighted by molar-refractivity contribution is 5.79. The molecule has 0 aromatic heterocycles. The molecule has 38 heavy (non-hydrogen) atoms. The predicted molar refractivity (Wildman–Crippen MR) is 130 cm³/mol. The third kappa shape index (κ3) is 5.01. The molecule has 0 bridgehead atoms. The van der Waals surface area contributed by atoms with E-state index in [-0.39, 0.29) is 11.8 Å². The summed E-state index contributed by atoms with van der Waals surface area (Å²) in [6.45, 7) is 1.52. The van der Waals surface area contributed by atoms with Crippen molar-refractivity contribution in [3.8, 4) is 0 Å². The Labute approximate surface area is 212 Å². The zero-order chi connectivity index (χ0) is 27.9. The van der Waals surface area contributed by atoms with E-state index in [2.05, 4.69) is 10.6 Å². The van der Waals surface area contributed by atoms with Crippen molar-refractivity contribution in [3.63, 3.8) is 0 Å². The van der Waals surface area contributed by atoms with Gasteiger partial charge in [0.1, 0.15) is 17.0 Å². The Bertz CT molecular complexity index is 1440. The van der Waals surface area contributed by atoms with Crippen LogP contribution in [0.15, 0.2) is 88.5 Å². The smallest absolute Gasteiger partial charge is 0.378 e. The molecule has 0 saturated heterocycles. The fraction of sp³-hybridized carbons (Fsp3) is 0.185. The highest BCUT2D eigenvalue weighted by atomic mass is 19.4. The van der Waals surface area contributed by atoms with E-state index in [9.17, 15) is 41.0 Å². The minimum Gasteiger partial charge on any atom is -0.378 e. The van der Waals surface area contributed by atoms with Crippen LogP contribution in [0, 0.1) is 0 Å². The van der Waals surface area contributed by atoms with Crippen molar-refractivity contribution in [1.29, 1.82) is 0 Å². The van der Waals surface area contributed by atoms with Crippen LogP contribution < -0.4 is 21.5 Å². The number of nitrogens with one attached hydrogen (secondary N) is 2. The molecule has 4 aromatic carbocycles. The molecule has 0 fully saturated rings. The first-order chi connectivity index (χ1) is 17.7. The van der Waals surface area contributed by atoms with E-state index in [1.165, 1.54) is 6.92 Å². The fourth-order valence-corrected chi connectivity index (χ4v) is 4.19. The Hall–Kier alpha value is -4.12. The first kappa shape index (κ1) is 26.9. The van der Waals surface area contributed by atoms with Gasteiger partial charge in [0.25, 0.3) is 10.9 Å². The minimum absolute atomic E-state index is 0.0472. The maximum Gasteiger partial charge on any atom is 0.416 e. The molecule has 0 unspecified atom stereocenters. The summed E-state index contributed by atoms with van der Waals surface area (Å²) in [6, 6.07) is 16.6. The molecular weight excluding hydrogens is 514 g/mol. The van der Waals surface area contributed by atoms with Gasteiger partial charge in [0.15, 0.2) is 0 Å². The molecule has 0 amide bonds. The summed E-state index contributed by atoms with van der Waals surface area (Å²) >= 11 is 0. The van der Waals surface area contributed by atoms with E-state index in [1.807, 2.05) is 0 Å². The monoisotopic (exact) mass is 534 g/mol. The van der Waals surface area contributed by atoms with Crippen LogP contribution in [0.5, 0.6) is 0 Å². The number of benzene rings is 3. The summed E-state index contributed by atoms with van der Waals surface area (Å²) < 4.78 is 79.5. The highest BCUT2D eigenvalue weighted by Crippen LogP contribution is 2.39. The van der Waals surface area contributed by atoms with Crippen LogP contribution >= 0.6 is 0 Å². The Morgan fingerprint density at radius 1 is 0.658 bits per heavy atom. The van der Waals surface area contributed by atoms with Crippen LogP contribution in [-0.4, -0.2) is 11.1 Å². The second-order valence-electron chi connectivity index (χ2n) is 8.69. The molecule has 3 N–H and O–H groups in total. The molecular formula is C27H20F6N2O3. The van der Waals surface area contributed by atoms with E-state index in [4.69, 9.17) is 0 Å². The van der Waals surface area contributed by atoms with E-state index in [0.717, 1.165) is 0 Å². The molecule has 4 aromatic rings. The van der Waals surface area contributed by atoms with Crippen molar-refractivity contribution in [2.24, 2.45) is 0 Å². The maximum atomic E-state index is 13.2. The van der Waals surface area contributed by atoms with Crippen molar-refractivity contribution >= 4 is 17.1 Å². The van der Waals surface area contributed by atoms with Gasteiger partial charge in [-0.25, -0.2) is 0 Å². The highest BCUT2D eigenvalue weighted by Gasteiger charge is 2.40. The lowest BCUT2D eigenvalue weighted by Crippen LogP contribution is -2.47. The molecule has 5 nitrogen and oxygen atoms in total. The van der Waals surface area contributed by atoms with Gasteiger partial charge in [0.05, 0.1) is 17.2 Å². The van der Waals surface area contributed by atoms with Gasteiger partial charge in [-0.2, -0.15) is 26.3 Å². The largest absolute Gasteiger partial charge is 0.416 e. The van der Waals surface area contributed by atoms with Gasteiger partial charge in [0, 0.05) is 5.69 Å². The second-order valence-corrected chi connectivity index (χ2v) is 8.69. The van der Waals surface area contributed by atoms with Crippen molar-refractivity contribution in [1.82, 2.24) is 0 Å². The van der Waals surface area contributed by atoms with E-state index < -0.39 is 57.4 Å². The fourth-order valence-electron chi connectivity index (χ4n) is 4.19. The van der Waals surface area contributed by atoms with Gasteiger partial charge in [-0.15, -0.1) is 0 Å². The van der Waals surface area contributed by atoms with Gasteiger partial charge in [-0.1, -0.05) is 60.7 Å². The minimum atomic E-state index is -5.09. The summed E-state index contributed by atoms with van der Waals surface area (Å²) in [5.74, 6) is 0. The van der Waals surface area contributed by atoms with E-state index >= 15 is 0 Å². The third-order valence-electron chi connectivity index (χ3n) is 6.18. The Balaban J connectivity index is 1.72. The molecule has 11 heteroatoms. The van der Waals surface area contributed by atoms with Crippen molar-refractivity contribution < 1.29 is 31.4 Å². The van der Waals surface area contributed by atoms with Crippen LogP contribution in [0.4, 0.5) is 43.4 Å². The van der Waals surface area contributed by atoms with Crippen LogP contribution in [0.3, 0.4) is 0 Å². The Morgan fingerprint density at radius 3 is 1.50 bits per heavy atom. The van der Waals surface area contributed by atoms with Crippen molar-refractivity contribution in [2.75, 3.05) is 10.6 Å². The quantitative estimate of drug-likeness (QED) is 0.206. The molecule has 198 valence electrons. The van der Waals surface area contributed by atoms with Gasteiger partial charge in [-0.3, -0.25) is 9.59 Å². The van der Waals surface area contributed by atoms with Gasteiger partial charge >= 0.3 is 12.4 Å². The zero-order valence-electron chi connectivity index (χ0n) is 19.6. The molecule has 0 radical (unpaired) electrons. The number of anilines is 3. The summed E-state index contributed by atoms with van der Waals surface area (Å²) in [5.41, 5.74) is -7.77. The second kappa shape index (κ2) is 9.64. The molecule has 0 spiro atoms. The molecule has 0 heterocycles. The van der Waals surface area contributed by atoms with Gasteiger partial charge < -0.3 is 15.7 Å². The molecule has 0 aliphatic heterocycles. The maximum absolute atomic E-state index is 13.2. The number of hydrogen-bond acceptors (Lipinski definition) is 5. The first-order valence-corrected chi connectivity index (χ1v) is 11.2. The Kier molecular flexibility index (Phi) is 6.83. The van der Waals surface area contributed by atoms with Gasteiger partial charge in [-0.05, 0) is 36.2 Å². The SMILES string of the molecule is C[C@H](Nc1c(Nc2cc(C(F)(F)F)cc(C(F)(F)F)c2)c(=O)c1=O)C(O)(c1ccccc1)c1ccccc1. The lowest BCUT2D eigenvalue weighted by Gasteiger charge is -2.36. The average molecular weight is 534 g/mol. The number of aliphatic hydroxyl groups is 1. The van der Waals surface area contributed by atoms with Crippen LogP contribution in [0.1, 0.15) is 29.2 Å². The summed E-state index contributed by atoms with van der Waals surface area (Å²) in [4.78, 5) is 24.7. The average Bonchev–Trinajstić information content (AvgIpc) is 2.89. The zero-order valence-corrected chi connectivity index (χ0v) is 19.6. The van der Waals surface area contributed by atoms with Crippen molar-refractivity contribution in [2.45, 2.75) is 30.9 Å². The van der Waals surface area contributed by atoms with Gasteiger partial charge in [0.2, 0.25) is 0 Å². The molecule has 1 atom stereocenters. The van der Waals surface area contributed by atoms with E-state index in [0.29, 0.717) is 23.3 Å². The number of alkyl halides is 6. The van der Waals surface area contributed by atoms with Crippen LogP contribution in [0.2, 0.25) is 0 Å². The summed E-state index contributed by atoms with van der Waals surface area (Å²) in [6.07, 6.45) is -10.2. The molecule has 0 saturated carbocycles. The predicted octanol–water partition coefficient (Wildman–Crippen LogP) is 5.80. The standard InChI is InChI=1S/C27H20F6N2O3/c1-15(25(38,16-8-4-2-5-9-16)17-10-6-3-7-11-17)34-21-22(24(37)23(21)36)35-20-13-18(26(28,29)30)12-19(14-20)27(31,32)33/h2-15,34-35,38H,1H3/t15-/m0/s1. The van der Waals surface area contributed by atoms with Crippen LogP contribution in [-0.2, 0) is 18.0 Å². The number of hydrogen-bond donors (Lipinski definition) is 3. The van der Waals surface area contributed by atoms with Crippen LogP contribution in [0.25, 0.3) is 0 Å². The third-order valence-corrected chi connectivity index (χ3v) is 6.18.